The molecule has 0 N–H and O–H groups in total. The summed E-state index contributed by atoms with van der Waals surface area (Å²) in [6.45, 7) is 9.71. The second-order valence-corrected chi connectivity index (χ2v) is 10.8. The van der Waals surface area contributed by atoms with Crippen LogP contribution >= 0.6 is 11.8 Å². The number of hydrogen-bond acceptors (Lipinski definition) is 5. The van der Waals surface area contributed by atoms with Crippen LogP contribution in [0.2, 0.25) is 0 Å². The fraction of sp³-hybridized carbons (Fsp3) is 0.739. The van der Waals surface area contributed by atoms with Crippen LogP contribution in [0.4, 0.5) is 4.79 Å². The van der Waals surface area contributed by atoms with Gasteiger partial charge in [0.05, 0.1) is 17.2 Å². The predicted octanol–water partition coefficient (Wildman–Crippen LogP) is 5.88. The molecule has 2 aliphatic rings. The molecule has 1 aromatic heterocycles. The molecule has 162 valence electrons. The maximum atomic E-state index is 13.2. The van der Waals surface area contributed by atoms with Gasteiger partial charge in [0.2, 0.25) is 0 Å². The topological polar surface area (TPSA) is 51.7 Å². The van der Waals surface area contributed by atoms with Gasteiger partial charge < -0.3 is 9.47 Å². The van der Waals surface area contributed by atoms with Crippen LogP contribution in [0.15, 0.2) is 29.4 Å². The Kier molecular flexibility index (Phi) is 7.15. The molecule has 5 nitrogen and oxygen atoms in total. The molecule has 1 saturated heterocycles. The van der Waals surface area contributed by atoms with Crippen LogP contribution in [0.1, 0.15) is 73.1 Å². The quantitative estimate of drug-likeness (QED) is 0.556. The molecule has 1 amide bonds. The van der Waals surface area contributed by atoms with E-state index in [1.54, 1.807) is 11.8 Å². The van der Waals surface area contributed by atoms with Gasteiger partial charge in [0.15, 0.2) is 0 Å². The standard InChI is InChI=1S/C23H36N2O3S/c1-22(2,3)28-21(26)25-18(15-17-11-7-6-8-12-17)19(27-23(25,4)5)16-29-20-13-9-10-14-24-20/h9-10,13-14,17-19H,6-8,11-12,15-16H2,1-5H3/t18-,19-/m0/s1. The molecule has 1 aliphatic heterocycles. The predicted molar refractivity (Wildman–Crippen MR) is 117 cm³/mol. The van der Waals surface area contributed by atoms with Gasteiger partial charge in [-0.15, -0.1) is 11.8 Å². The number of thioether (sulfide) groups is 1. The SMILES string of the molecule is CC(C)(C)OC(=O)N1[C@@H](CC2CCCCC2)[C@H](CSc2ccccn2)OC1(C)C. The lowest BCUT2D eigenvalue weighted by atomic mass is 9.83. The third kappa shape index (κ3) is 6.11. The van der Waals surface area contributed by atoms with Gasteiger partial charge in [-0.3, -0.25) is 4.90 Å². The molecule has 0 spiro atoms. The van der Waals surface area contributed by atoms with Crippen LogP contribution in [0, 0.1) is 5.92 Å². The van der Waals surface area contributed by atoms with Gasteiger partial charge in [-0.1, -0.05) is 38.2 Å². The van der Waals surface area contributed by atoms with Crippen molar-refractivity contribution in [1.82, 2.24) is 9.88 Å². The summed E-state index contributed by atoms with van der Waals surface area (Å²) in [5.74, 6) is 1.43. The van der Waals surface area contributed by atoms with Crippen molar-refractivity contribution < 1.29 is 14.3 Å². The Balaban J connectivity index is 1.78. The zero-order valence-electron chi connectivity index (χ0n) is 18.5. The van der Waals surface area contributed by atoms with E-state index in [0.29, 0.717) is 5.92 Å². The summed E-state index contributed by atoms with van der Waals surface area (Å²) in [6, 6.07) is 5.97. The van der Waals surface area contributed by atoms with E-state index in [9.17, 15) is 4.79 Å². The first-order valence-electron chi connectivity index (χ1n) is 10.9. The number of carbonyl (C=O) groups excluding carboxylic acids is 1. The van der Waals surface area contributed by atoms with Crippen molar-refractivity contribution >= 4 is 17.9 Å². The molecule has 1 saturated carbocycles. The fourth-order valence-electron chi connectivity index (χ4n) is 4.50. The van der Waals surface area contributed by atoms with E-state index >= 15 is 0 Å². The van der Waals surface area contributed by atoms with Gasteiger partial charge in [-0.25, -0.2) is 9.78 Å². The van der Waals surface area contributed by atoms with E-state index in [4.69, 9.17) is 9.47 Å². The smallest absolute Gasteiger partial charge is 0.412 e. The lowest BCUT2D eigenvalue weighted by molar-refractivity contribution is -0.0751. The molecule has 0 aromatic carbocycles. The van der Waals surface area contributed by atoms with E-state index in [-0.39, 0.29) is 18.2 Å². The largest absolute Gasteiger partial charge is 0.444 e. The van der Waals surface area contributed by atoms with E-state index in [0.717, 1.165) is 17.2 Å². The van der Waals surface area contributed by atoms with Crippen LogP contribution in [-0.4, -0.2) is 45.2 Å². The Morgan fingerprint density at radius 3 is 2.62 bits per heavy atom. The van der Waals surface area contributed by atoms with Gasteiger partial charge in [0.1, 0.15) is 11.3 Å². The highest BCUT2D eigenvalue weighted by Crippen LogP contribution is 2.40. The summed E-state index contributed by atoms with van der Waals surface area (Å²) < 4.78 is 12.2. The number of pyridine rings is 1. The highest BCUT2D eigenvalue weighted by Gasteiger charge is 2.51. The van der Waals surface area contributed by atoms with Crippen LogP contribution in [-0.2, 0) is 9.47 Å². The number of carbonyl (C=O) groups is 1. The molecule has 1 aliphatic carbocycles. The minimum Gasteiger partial charge on any atom is -0.444 e. The molecular formula is C23H36N2O3S. The summed E-state index contributed by atoms with van der Waals surface area (Å²) in [5, 5.41) is 0.987. The van der Waals surface area contributed by atoms with Crippen LogP contribution in [0.5, 0.6) is 0 Å². The Bertz CT molecular complexity index is 668. The van der Waals surface area contributed by atoms with Crippen molar-refractivity contribution in [3.8, 4) is 0 Å². The molecule has 2 fully saturated rings. The van der Waals surface area contributed by atoms with Gasteiger partial charge in [0, 0.05) is 11.9 Å². The van der Waals surface area contributed by atoms with Crippen molar-refractivity contribution in [2.75, 3.05) is 5.75 Å². The van der Waals surface area contributed by atoms with Crippen molar-refractivity contribution in [3.05, 3.63) is 24.4 Å². The third-order valence-corrected chi connectivity index (χ3v) is 6.74. The molecule has 29 heavy (non-hydrogen) atoms. The number of hydrogen-bond donors (Lipinski definition) is 0. The van der Waals surface area contributed by atoms with Crippen molar-refractivity contribution in [3.63, 3.8) is 0 Å². The maximum absolute atomic E-state index is 13.2. The molecule has 1 aromatic rings. The van der Waals surface area contributed by atoms with Gasteiger partial charge in [0.25, 0.3) is 0 Å². The Hall–Kier alpha value is -1.27. The Morgan fingerprint density at radius 2 is 2.00 bits per heavy atom. The molecule has 0 radical (unpaired) electrons. The molecule has 0 unspecified atom stereocenters. The summed E-state index contributed by atoms with van der Waals surface area (Å²) in [7, 11) is 0. The van der Waals surface area contributed by atoms with Crippen molar-refractivity contribution in [2.24, 2.45) is 5.92 Å². The molecule has 2 heterocycles. The number of rotatable bonds is 5. The first kappa shape index (κ1) is 22.4. The Labute approximate surface area is 179 Å². The van der Waals surface area contributed by atoms with Crippen LogP contribution in [0.3, 0.4) is 0 Å². The number of aromatic nitrogens is 1. The van der Waals surface area contributed by atoms with E-state index in [1.807, 2.05) is 63.9 Å². The highest BCUT2D eigenvalue weighted by molar-refractivity contribution is 7.99. The van der Waals surface area contributed by atoms with Gasteiger partial charge in [-0.2, -0.15) is 0 Å². The molecule has 0 bridgehead atoms. The van der Waals surface area contributed by atoms with Gasteiger partial charge in [-0.05, 0) is 59.1 Å². The molecule has 6 heteroatoms. The first-order chi connectivity index (χ1) is 13.7. The molecule has 3 rings (SSSR count). The average molecular weight is 421 g/mol. The summed E-state index contributed by atoms with van der Waals surface area (Å²) >= 11 is 1.70. The van der Waals surface area contributed by atoms with E-state index in [1.165, 1.54) is 32.1 Å². The molecule has 2 atom stereocenters. The maximum Gasteiger partial charge on any atom is 0.412 e. The minimum absolute atomic E-state index is 0.0270. The number of nitrogens with zero attached hydrogens (tertiary/aromatic N) is 2. The zero-order valence-corrected chi connectivity index (χ0v) is 19.3. The Morgan fingerprint density at radius 1 is 1.28 bits per heavy atom. The second-order valence-electron chi connectivity index (χ2n) is 9.74. The van der Waals surface area contributed by atoms with Gasteiger partial charge >= 0.3 is 6.09 Å². The first-order valence-corrected chi connectivity index (χ1v) is 11.9. The molecular weight excluding hydrogens is 384 g/mol. The van der Waals surface area contributed by atoms with Crippen LogP contribution in [0.25, 0.3) is 0 Å². The zero-order chi connectivity index (χ0) is 21.1. The number of ether oxygens (including phenoxy) is 2. The highest BCUT2D eigenvalue weighted by atomic mass is 32.2. The summed E-state index contributed by atoms with van der Waals surface area (Å²) in [4.78, 5) is 19.4. The fourth-order valence-corrected chi connectivity index (χ4v) is 5.44. The lowest BCUT2D eigenvalue weighted by Gasteiger charge is -2.36. The minimum atomic E-state index is -0.684. The monoisotopic (exact) mass is 420 g/mol. The third-order valence-electron chi connectivity index (χ3n) is 5.70. The van der Waals surface area contributed by atoms with E-state index < -0.39 is 11.3 Å². The van der Waals surface area contributed by atoms with Crippen molar-refractivity contribution in [1.29, 1.82) is 0 Å². The second kappa shape index (κ2) is 9.25. The normalized spacial score (nSPS) is 25.2. The van der Waals surface area contributed by atoms with E-state index in [2.05, 4.69) is 4.98 Å². The number of amides is 1. The van der Waals surface area contributed by atoms with Crippen molar-refractivity contribution in [2.45, 2.75) is 102 Å². The summed E-state index contributed by atoms with van der Waals surface area (Å²) in [5.41, 5.74) is -1.21. The summed E-state index contributed by atoms with van der Waals surface area (Å²) in [6.07, 6.45) is 8.91. The average Bonchev–Trinajstić information content (AvgIpc) is 2.90. The lowest BCUT2D eigenvalue weighted by Crippen LogP contribution is -2.51. The van der Waals surface area contributed by atoms with Crippen LogP contribution < -0.4 is 0 Å².